The van der Waals surface area contributed by atoms with Gasteiger partial charge in [-0.3, -0.25) is 0 Å². The van der Waals surface area contributed by atoms with Crippen molar-refractivity contribution in [2.75, 3.05) is 21.3 Å². The van der Waals surface area contributed by atoms with Gasteiger partial charge in [0.05, 0.1) is 21.3 Å². The molecule has 0 amide bonds. The van der Waals surface area contributed by atoms with Crippen LogP contribution in [0.2, 0.25) is 0 Å². The molecule has 3 rings (SSSR count). The predicted molar refractivity (Wildman–Crippen MR) is 102 cm³/mol. The Bertz CT molecular complexity index is 693. The summed E-state index contributed by atoms with van der Waals surface area (Å²) in [5, 5.41) is 3.50. The third-order valence-electron chi connectivity index (χ3n) is 4.55. The Morgan fingerprint density at radius 3 is 2.08 bits per heavy atom. The zero-order valence-corrected chi connectivity index (χ0v) is 15.9. The number of nitrogens with one attached hydrogen (secondary N) is 1. The zero-order valence-electron chi connectivity index (χ0n) is 15.1. The standard InChI is InChI=1S/C20H25NO3.ClH/c1-22-18-10-15(11-19(23-2)20(18)24-3)13-21-12-14-7-8-16-5-4-6-17(16)9-14;/h7-11,21H,4-6,12-13H2,1-3H3;1H. The molecule has 2 aromatic rings. The van der Waals surface area contributed by atoms with Gasteiger partial charge in [0, 0.05) is 13.1 Å². The van der Waals surface area contributed by atoms with Gasteiger partial charge in [-0.15, -0.1) is 12.4 Å². The molecule has 1 aliphatic rings. The van der Waals surface area contributed by atoms with E-state index in [4.69, 9.17) is 14.2 Å². The van der Waals surface area contributed by atoms with Gasteiger partial charge >= 0.3 is 0 Å². The van der Waals surface area contributed by atoms with E-state index in [0.717, 1.165) is 18.7 Å². The highest BCUT2D eigenvalue weighted by Gasteiger charge is 2.13. The Balaban J connectivity index is 0.00000225. The smallest absolute Gasteiger partial charge is 0.203 e. The minimum atomic E-state index is 0. The molecule has 0 radical (unpaired) electrons. The van der Waals surface area contributed by atoms with Crippen LogP contribution >= 0.6 is 12.4 Å². The predicted octanol–water partition coefficient (Wildman–Crippen LogP) is 3.91. The van der Waals surface area contributed by atoms with E-state index >= 15 is 0 Å². The average molecular weight is 364 g/mol. The maximum Gasteiger partial charge on any atom is 0.203 e. The lowest BCUT2D eigenvalue weighted by molar-refractivity contribution is 0.323. The number of ether oxygens (including phenoxy) is 3. The Labute approximate surface area is 155 Å². The Morgan fingerprint density at radius 2 is 1.44 bits per heavy atom. The van der Waals surface area contributed by atoms with E-state index in [9.17, 15) is 0 Å². The minimum absolute atomic E-state index is 0. The third-order valence-corrected chi connectivity index (χ3v) is 4.55. The van der Waals surface area contributed by atoms with E-state index in [1.807, 2.05) is 12.1 Å². The first kappa shape index (κ1) is 19.4. The van der Waals surface area contributed by atoms with E-state index in [1.54, 1.807) is 21.3 Å². The largest absolute Gasteiger partial charge is 0.493 e. The van der Waals surface area contributed by atoms with Crippen LogP contribution in [0, 0.1) is 0 Å². The number of fused-ring (bicyclic) bond motifs is 1. The second kappa shape index (κ2) is 8.97. The number of hydrogen-bond acceptors (Lipinski definition) is 4. The minimum Gasteiger partial charge on any atom is -0.493 e. The SMILES string of the molecule is COc1cc(CNCc2ccc3c(c2)CCC3)cc(OC)c1OC.Cl. The van der Waals surface area contributed by atoms with Gasteiger partial charge in [0.1, 0.15) is 0 Å². The fourth-order valence-corrected chi connectivity index (χ4v) is 3.32. The summed E-state index contributed by atoms with van der Waals surface area (Å²) >= 11 is 0. The van der Waals surface area contributed by atoms with Gasteiger partial charge in [0.2, 0.25) is 5.75 Å². The van der Waals surface area contributed by atoms with Crippen molar-refractivity contribution in [1.29, 1.82) is 0 Å². The second-order valence-corrected chi connectivity index (χ2v) is 6.09. The van der Waals surface area contributed by atoms with Gasteiger partial charge in [-0.25, -0.2) is 0 Å². The van der Waals surface area contributed by atoms with Crippen molar-refractivity contribution in [3.8, 4) is 17.2 Å². The van der Waals surface area contributed by atoms with Crippen LogP contribution in [0.25, 0.3) is 0 Å². The molecule has 1 N–H and O–H groups in total. The Hall–Kier alpha value is -1.91. The fraction of sp³-hybridized carbons (Fsp3) is 0.400. The molecule has 4 nitrogen and oxygen atoms in total. The highest BCUT2D eigenvalue weighted by atomic mass is 35.5. The van der Waals surface area contributed by atoms with Crippen molar-refractivity contribution in [3.63, 3.8) is 0 Å². The first-order chi connectivity index (χ1) is 11.7. The quantitative estimate of drug-likeness (QED) is 0.809. The first-order valence-corrected chi connectivity index (χ1v) is 8.35. The molecule has 1 aliphatic carbocycles. The maximum absolute atomic E-state index is 5.40. The third kappa shape index (κ3) is 4.39. The van der Waals surface area contributed by atoms with Crippen molar-refractivity contribution < 1.29 is 14.2 Å². The molecule has 0 unspecified atom stereocenters. The molecule has 0 aromatic heterocycles. The topological polar surface area (TPSA) is 39.7 Å². The van der Waals surface area contributed by atoms with Crippen LogP contribution in [0.3, 0.4) is 0 Å². The molecule has 0 aliphatic heterocycles. The van der Waals surface area contributed by atoms with E-state index in [1.165, 1.54) is 36.0 Å². The van der Waals surface area contributed by atoms with Gasteiger partial charge in [-0.05, 0) is 53.6 Å². The van der Waals surface area contributed by atoms with E-state index in [2.05, 4.69) is 23.5 Å². The van der Waals surface area contributed by atoms with Crippen molar-refractivity contribution in [3.05, 3.63) is 52.6 Å². The van der Waals surface area contributed by atoms with Crippen LogP contribution in [0.1, 0.15) is 28.7 Å². The molecular formula is C20H26ClNO3. The van der Waals surface area contributed by atoms with Crippen LogP contribution in [0.4, 0.5) is 0 Å². The molecule has 0 atom stereocenters. The molecule has 136 valence electrons. The number of halogens is 1. The van der Waals surface area contributed by atoms with Gasteiger partial charge < -0.3 is 19.5 Å². The summed E-state index contributed by atoms with van der Waals surface area (Å²) < 4.78 is 16.2. The number of aryl methyl sites for hydroxylation is 2. The second-order valence-electron chi connectivity index (χ2n) is 6.09. The van der Waals surface area contributed by atoms with E-state index in [-0.39, 0.29) is 12.4 Å². The fourth-order valence-electron chi connectivity index (χ4n) is 3.32. The summed E-state index contributed by atoms with van der Waals surface area (Å²) in [6.45, 7) is 1.59. The Kier molecular flexibility index (Phi) is 6.97. The highest BCUT2D eigenvalue weighted by molar-refractivity contribution is 5.85. The molecular weight excluding hydrogens is 338 g/mol. The number of benzene rings is 2. The monoisotopic (exact) mass is 363 g/mol. The molecule has 5 heteroatoms. The molecule has 2 aromatic carbocycles. The van der Waals surface area contributed by atoms with Gasteiger partial charge in [-0.2, -0.15) is 0 Å². The normalized spacial score (nSPS) is 12.3. The van der Waals surface area contributed by atoms with Crippen molar-refractivity contribution in [1.82, 2.24) is 5.32 Å². The molecule has 0 saturated carbocycles. The van der Waals surface area contributed by atoms with E-state index < -0.39 is 0 Å². The maximum atomic E-state index is 5.40. The van der Waals surface area contributed by atoms with Gasteiger partial charge in [-0.1, -0.05) is 18.2 Å². The van der Waals surface area contributed by atoms with E-state index in [0.29, 0.717) is 17.2 Å². The van der Waals surface area contributed by atoms with Crippen molar-refractivity contribution in [2.45, 2.75) is 32.4 Å². The zero-order chi connectivity index (χ0) is 16.9. The number of hydrogen-bond donors (Lipinski definition) is 1. The number of methoxy groups -OCH3 is 3. The summed E-state index contributed by atoms with van der Waals surface area (Å²) in [5.41, 5.74) is 5.47. The van der Waals surface area contributed by atoms with Crippen LogP contribution in [-0.4, -0.2) is 21.3 Å². The summed E-state index contributed by atoms with van der Waals surface area (Å²) in [4.78, 5) is 0. The summed E-state index contributed by atoms with van der Waals surface area (Å²) in [5.74, 6) is 2.00. The molecule has 0 spiro atoms. The van der Waals surface area contributed by atoms with Crippen molar-refractivity contribution in [2.24, 2.45) is 0 Å². The summed E-state index contributed by atoms with van der Waals surface area (Å²) in [6.07, 6.45) is 3.74. The highest BCUT2D eigenvalue weighted by Crippen LogP contribution is 2.38. The molecule has 0 saturated heterocycles. The molecule has 0 fully saturated rings. The Morgan fingerprint density at radius 1 is 0.800 bits per heavy atom. The van der Waals surface area contributed by atoms with Crippen LogP contribution < -0.4 is 19.5 Å². The van der Waals surface area contributed by atoms with Crippen molar-refractivity contribution >= 4 is 12.4 Å². The lowest BCUT2D eigenvalue weighted by atomic mass is 10.1. The molecule has 0 heterocycles. The lowest BCUT2D eigenvalue weighted by Crippen LogP contribution is -2.13. The summed E-state index contributed by atoms with van der Waals surface area (Å²) in [7, 11) is 4.89. The van der Waals surface area contributed by atoms with Crippen LogP contribution in [0.15, 0.2) is 30.3 Å². The van der Waals surface area contributed by atoms with Crippen LogP contribution in [0.5, 0.6) is 17.2 Å². The number of rotatable bonds is 7. The van der Waals surface area contributed by atoms with Crippen LogP contribution in [-0.2, 0) is 25.9 Å². The molecule has 0 bridgehead atoms. The molecule has 25 heavy (non-hydrogen) atoms. The lowest BCUT2D eigenvalue weighted by Gasteiger charge is -2.14. The van der Waals surface area contributed by atoms with Gasteiger partial charge in [0.25, 0.3) is 0 Å². The summed E-state index contributed by atoms with van der Waals surface area (Å²) in [6, 6.07) is 10.8. The van der Waals surface area contributed by atoms with Gasteiger partial charge in [0.15, 0.2) is 11.5 Å². The average Bonchev–Trinajstić information content (AvgIpc) is 3.08. The first-order valence-electron chi connectivity index (χ1n) is 8.35.